The van der Waals surface area contributed by atoms with Gasteiger partial charge in [0, 0.05) is 17.6 Å². The van der Waals surface area contributed by atoms with E-state index < -0.39 is 0 Å². The van der Waals surface area contributed by atoms with E-state index in [0.29, 0.717) is 12.0 Å². The molecule has 3 heteroatoms. The van der Waals surface area contributed by atoms with Crippen LogP contribution in [0.15, 0.2) is 48.5 Å². The summed E-state index contributed by atoms with van der Waals surface area (Å²) in [6.45, 7) is 0. The van der Waals surface area contributed by atoms with Gasteiger partial charge >= 0.3 is 0 Å². The molecule has 0 spiro atoms. The van der Waals surface area contributed by atoms with Crippen LogP contribution in [0.25, 0.3) is 10.9 Å². The van der Waals surface area contributed by atoms with E-state index in [2.05, 4.69) is 4.98 Å². The number of aromatic amines is 1. The van der Waals surface area contributed by atoms with E-state index in [0.717, 1.165) is 16.6 Å². The summed E-state index contributed by atoms with van der Waals surface area (Å²) >= 11 is 5.77. The lowest BCUT2D eigenvalue weighted by Crippen LogP contribution is -1.93. The fourth-order valence-corrected chi connectivity index (χ4v) is 2.31. The van der Waals surface area contributed by atoms with Gasteiger partial charge < -0.3 is 4.98 Å². The molecule has 1 nitrogen and oxygen atoms in total. The number of benzene rings is 2. The highest BCUT2D eigenvalue weighted by Gasteiger charge is 2.08. The predicted octanol–water partition coefficient (Wildman–Crippen LogP) is 4.55. The summed E-state index contributed by atoms with van der Waals surface area (Å²) in [5.74, 6) is -0.335. The second kappa shape index (κ2) is 4.46. The minimum Gasteiger partial charge on any atom is -0.358 e. The summed E-state index contributed by atoms with van der Waals surface area (Å²) < 4.78 is 13.8. The second-order valence-corrected chi connectivity index (χ2v) is 4.68. The number of para-hydroxylation sites is 1. The molecule has 3 aromatic rings. The maximum atomic E-state index is 13.8. The number of hydrogen-bond acceptors (Lipinski definition) is 0. The van der Waals surface area contributed by atoms with Crippen LogP contribution in [0.2, 0.25) is 5.02 Å². The maximum absolute atomic E-state index is 13.8. The van der Waals surface area contributed by atoms with Gasteiger partial charge in [0.15, 0.2) is 0 Å². The molecule has 0 bridgehead atoms. The first-order valence-electron chi connectivity index (χ1n) is 5.73. The molecule has 18 heavy (non-hydrogen) atoms. The first-order valence-corrected chi connectivity index (χ1v) is 6.11. The molecule has 0 aliphatic rings. The van der Waals surface area contributed by atoms with Crippen LogP contribution >= 0.6 is 11.6 Å². The van der Waals surface area contributed by atoms with Crippen LogP contribution in [0, 0.1) is 5.82 Å². The Balaban J connectivity index is 1.99. The molecular weight excluding hydrogens is 249 g/mol. The Bertz CT molecular complexity index is 670. The summed E-state index contributed by atoms with van der Waals surface area (Å²) in [5, 5.41) is 1.30. The highest BCUT2D eigenvalue weighted by Crippen LogP contribution is 2.22. The normalized spacial score (nSPS) is 11.0. The Kier molecular flexibility index (Phi) is 2.80. The van der Waals surface area contributed by atoms with Gasteiger partial charge in [0.25, 0.3) is 0 Å². The van der Waals surface area contributed by atoms with Crippen LogP contribution in [-0.4, -0.2) is 4.98 Å². The highest BCUT2D eigenvalue weighted by molar-refractivity contribution is 6.30. The molecule has 2 aromatic carbocycles. The number of halogens is 2. The largest absolute Gasteiger partial charge is 0.358 e. The first-order chi connectivity index (χ1) is 8.74. The zero-order valence-electron chi connectivity index (χ0n) is 9.58. The molecule has 0 amide bonds. The Morgan fingerprint density at radius 3 is 2.72 bits per heavy atom. The molecule has 0 aliphatic heterocycles. The number of nitrogens with one attached hydrogen (secondary N) is 1. The smallest absolute Gasteiger partial charge is 0.145 e. The maximum Gasteiger partial charge on any atom is 0.145 e. The van der Waals surface area contributed by atoms with Crippen molar-refractivity contribution >= 4 is 22.5 Å². The number of fused-ring (bicyclic) bond motifs is 1. The molecule has 0 saturated heterocycles. The van der Waals surface area contributed by atoms with Crippen LogP contribution in [0.3, 0.4) is 0 Å². The van der Waals surface area contributed by atoms with Crippen molar-refractivity contribution in [1.82, 2.24) is 4.98 Å². The highest BCUT2D eigenvalue weighted by atomic mass is 35.5. The summed E-state index contributed by atoms with van der Waals surface area (Å²) in [6.07, 6.45) is 0.515. The zero-order chi connectivity index (χ0) is 12.5. The lowest BCUT2D eigenvalue weighted by atomic mass is 10.1. The Hall–Kier alpha value is -1.80. The van der Waals surface area contributed by atoms with Crippen molar-refractivity contribution in [2.75, 3.05) is 0 Å². The molecule has 0 saturated carbocycles. The van der Waals surface area contributed by atoms with Crippen molar-refractivity contribution in [2.45, 2.75) is 6.42 Å². The average Bonchev–Trinajstić information content (AvgIpc) is 2.77. The number of H-pyrrole nitrogens is 1. The van der Waals surface area contributed by atoms with Crippen molar-refractivity contribution < 1.29 is 4.39 Å². The zero-order valence-corrected chi connectivity index (χ0v) is 10.3. The standard InChI is InChI=1S/C15H11ClFN/c16-13-6-3-5-11(15(13)17)9-12-8-10-4-1-2-7-14(10)18-12/h1-8,18H,9H2. The van der Waals surface area contributed by atoms with Crippen molar-refractivity contribution in [2.24, 2.45) is 0 Å². The minimum absolute atomic E-state index is 0.170. The Morgan fingerprint density at radius 2 is 1.89 bits per heavy atom. The monoisotopic (exact) mass is 259 g/mol. The molecule has 1 N–H and O–H groups in total. The van der Waals surface area contributed by atoms with E-state index in [1.807, 2.05) is 30.3 Å². The summed E-state index contributed by atoms with van der Waals surface area (Å²) in [7, 11) is 0. The van der Waals surface area contributed by atoms with Crippen LogP contribution < -0.4 is 0 Å². The number of hydrogen-bond donors (Lipinski definition) is 1. The summed E-state index contributed by atoms with van der Waals surface area (Å²) in [5.41, 5.74) is 2.65. The molecule has 0 unspecified atom stereocenters. The van der Waals surface area contributed by atoms with Crippen LogP contribution in [0.5, 0.6) is 0 Å². The quantitative estimate of drug-likeness (QED) is 0.695. The van der Waals surface area contributed by atoms with Gasteiger partial charge in [-0.2, -0.15) is 0 Å². The topological polar surface area (TPSA) is 15.8 Å². The molecule has 0 fully saturated rings. The first kappa shape index (κ1) is 11.3. The third-order valence-corrected chi connectivity index (χ3v) is 3.29. The van der Waals surface area contributed by atoms with E-state index in [4.69, 9.17) is 11.6 Å². The van der Waals surface area contributed by atoms with E-state index in [-0.39, 0.29) is 10.8 Å². The third kappa shape index (κ3) is 2.00. The van der Waals surface area contributed by atoms with E-state index in [1.54, 1.807) is 18.2 Å². The van der Waals surface area contributed by atoms with Gasteiger partial charge in [-0.25, -0.2) is 4.39 Å². The molecule has 90 valence electrons. The van der Waals surface area contributed by atoms with Gasteiger partial charge in [-0.1, -0.05) is 41.9 Å². The van der Waals surface area contributed by atoms with E-state index >= 15 is 0 Å². The van der Waals surface area contributed by atoms with E-state index in [1.165, 1.54) is 0 Å². The van der Waals surface area contributed by atoms with Gasteiger partial charge in [-0.15, -0.1) is 0 Å². The Morgan fingerprint density at radius 1 is 1.06 bits per heavy atom. The van der Waals surface area contributed by atoms with Gasteiger partial charge in [-0.3, -0.25) is 0 Å². The summed E-state index contributed by atoms with van der Waals surface area (Å²) in [6, 6.07) is 15.1. The molecular formula is C15H11ClFN. The lowest BCUT2D eigenvalue weighted by Gasteiger charge is -2.02. The van der Waals surface area contributed by atoms with Crippen LogP contribution in [0.4, 0.5) is 4.39 Å². The molecule has 0 atom stereocenters. The Labute approximate surface area is 109 Å². The minimum atomic E-state index is -0.335. The lowest BCUT2D eigenvalue weighted by molar-refractivity contribution is 0.614. The van der Waals surface area contributed by atoms with Gasteiger partial charge in [-0.05, 0) is 29.1 Å². The average molecular weight is 260 g/mol. The van der Waals surface area contributed by atoms with Crippen LogP contribution in [-0.2, 0) is 6.42 Å². The third-order valence-electron chi connectivity index (χ3n) is 3.00. The fourth-order valence-electron chi connectivity index (χ4n) is 2.12. The SMILES string of the molecule is Fc1c(Cl)cccc1Cc1cc2ccccc2[nH]1. The molecule has 0 radical (unpaired) electrons. The van der Waals surface area contributed by atoms with Gasteiger partial charge in [0.1, 0.15) is 5.82 Å². The second-order valence-electron chi connectivity index (χ2n) is 4.27. The molecule has 0 aliphatic carbocycles. The molecule has 1 heterocycles. The van der Waals surface area contributed by atoms with Crippen molar-refractivity contribution in [3.63, 3.8) is 0 Å². The van der Waals surface area contributed by atoms with Crippen molar-refractivity contribution in [3.05, 3.63) is 70.6 Å². The van der Waals surface area contributed by atoms with E-state index in [9.17, 15) is 4.39 Å². The van der Waals surface area contributed by atoms with Crippen molar-refractivity contribution in [1.29, 1.82) is 0 Å². The molecule has 1 aromatic heterocycles. The van der Waals surface area contributed by atoms with Crippen molar-refractivity contribution in [3.8, 4) is 0 Å². The number of aromatic nitrogens is 1. The molecule has 3 rings (SSSR count). The fraction of sp³-hybridized carbons (Fsp3) is 0.0667. The van der Waals surface area contributed by atoms with Gasteiger partial charge in [0.05, 0.1) is 5.02 Å². The predicted molar refractivity (Wildman–Crippen MR) is 72.5 cm³/mol. The van der Waals surface area contributed by atoms with Gasteiger partial charge in [0.2, 0.25) is 0 Å². The summed E-state index contributed by atoms with van der Waals surface area (Å²) in [4.78, 5) is 3.28. The van der Waals surface area contributed by atoms with Crippen LogP contribution in [0.1, 0.15) is 11.3 Å². The number of rotatable bonds is 2.